The Kier molecular flexibility index (Phi) is 3.80. The second kappa shape index (κ2) is 5.74. The first-order chi connectivity index (χ1) is 10.1. The van der Waals surface area contributed by atoms with Crippen molar-refractivity contribution in [1.82, 2.24) is 5.43 Å². The van der Waals surface area contributed by atoms with Crippen LogP contribution in [0.15, 0.2) is 45.9 Å². The highest BCUT2D eigenvalue weighted by Crippen LogP contribution is 2.47. The Morgan fingerprint density at radius 1 is 1.43 bits per heavy atom. The van der Waals surface area contributed by atoms with Gasteiger partial charge in [-0.25, -0.2) is 5.43 Å². The number of amides is 1. The molecule has 1 aromatic heterocycles. The van der Waals surface area contributed by atoms with Crippen molar-refractivity contribution in [2.24, 2.45) is 11.0 Å². The third-order valence-corrected chi connectivity index (χ3v) is 3.80. The predicted octanol–water partition coefficient (Wildman–Crippen LogP) is 3.82. The molecular formula is C16H15ClN2O2. The highest BCUT2D eigenvalue weighted by Gasteiger charge is 2.36. The number of benzene rings is 1. The zero-order chi connectivity index (χ0) is 14.8. The van der Waals surface area contributed by atoms with Crippen molar-refractivity contribution in [3.8, 4) is 0 Å². The van der Waals surface area contributed by atoms with Gasteiger partial charge < -0.3 is 4.42 Å². The number of carbonyl (C=O) groups excluding carboxylic acids is 1. The summed E-state index contributed by atoms with van der Waals surface area (Å²) >= 11 is 5.84. The summed E-state index contributed by atoms with van der Waals surface area (Å²) in [5, 5.41) is 4.41. The Morgan fingerprint density at radius 2 is 2.24 bits per heavy atom. The average molecular weight is 303 g/mol. The molecule has 21 heavy (non-hydrogen) atoms. The summed E-state index contributed by atoms with van der Waals surface area (Å²) in [5.41, 5.74) is 2.91. The van der Waals surface area contributed by atoms with Crippen LogP contribution in [0.25, 0.3) is 0 Å². The van der Waals surface area contributed by atoms with Crippen LogP contribution in [-0.2, 0) is 0 Å². The largest absolute Gasteiger partial charge is 0.460 e. The predicted molar refractivity (Wildman–Crippen MR) is 81.7 cm³/mol. The Hall–Kier alpha value is -2.07. The number of halogens is 1. The molecule has 0 bridgehead atoms. The highest BCUT2D eigenvalue weighted by atomic mass is 35.5. The molecule has 0 unspecified atom stereocenters. The van der Waals surface area contributed by atoms with Gasteiger partial charge in [-0.1, -0.05) is 24.6 Å². The minimum absolute atomic E-state index is 0.309. The van der Waals surface area contributed by atoms with Gasteiger partial charge in [0.05, 0.1) is 6.21 Å². The molecule has 1 amide bonds. The standard InChI is InChI=1S/C16H15ClN2O2/c1-10-7-14(10)15-6-5-13(21-15)9-18-19-16(20)11-3-2-4-12(17)8-11/h2-6,8-10,14H,7H2,1H3,(H,19,20)/b18-9-/t10-,14-/m0/s1. The third kappa shape index (κ3) is 3.34. The van der Waals surface area contributed by atoms with Gasteiger partial charge in [-0.3, -0.25) is 4.79 Å². The molecule has 0 saturated heterocycles. The summed E-state index contributed by atoms with van der Waals surface area (Å²) in [6.07, 6.45) is 2.68. The Labute approximate surface area is 127 Å². The van der Waals surface area contributed by atoms with Crippen molar-refractivity contribution in [3.63, 3.8) is 0 Å². The quantitative estimate of drug-likeness (QED) is 0.689. The van der Waals surface area contributed by atoms with Gasteiger partial charge in [0.2, 0.25) is 0 Å². The molecule has 4 nitrogen and oxygen atoms in total. The first-order valence-corrected chi connectivity index (χ1v) is 7.20. The van der Waals surface area contributed by atoms with Gasteiger partial charge in [-0.05, 0) is 42.7 Å². The van der Waals surface area contributed by atoms with Crippen LogP contribution >= 0.6 is 11.6 Å². The number of hydrazone groups is 1. The van der Waals surface area contributed by atoms with E-state index in [0.29, 0.717) is 28.2 Å². The van der Waals surface area contributed by atoms with Crippen LogP contribution in [0, 0.1) is 5.92 Å². The molecular weight excluding hydrogens is 288 g/mol. The Morgan fingerprint density at radius 3 is 2.95 bits per heavy atom. The van der Waals surface area contributed by atoms with Gasteiger partial charge in [0, 0.05) is 16.5 Å². The van der Waals surface area contributed by atoms with Crippen molar-refractivity contribution in [3.05, 3.63) is 58.5 Å². The van der Waals surface area contributed by atoms with Crippen LogP contribution in [0.4, 0.5) is 0 Å². The molecule has 2 atom stereocenters. The van der Waals surface area contributed by atoms with Gasteiger partial charge in [0.15, 0.2) is 0 Å². The average Bonchev–Trinajstić information content (AvgIpc) is 3.01. The zero-order valence-corrected chi connectivity index (χ0v) is 12.3. The van der Waals surface area contributed by atoms with E-state index < -0.39 is 0 Å². The van der Waals surface area contributed by atoms with Gasteiger partial charge in [-0.15, -0.1) is 0 Å². The molecule has 1 aromatic carbocycles. The number of carbonyl (C=O) groups is 1. The molecule has 0 spiro atoms. The molecule has 1 saturated carbocycles. The van der Waals surface area contributed by atoms with Crippen molar-refractivity contribution < 1.29 is 9.21 Å². The number of rotatable bonds is 4. The van der Waals surface area contributed by atoms with E-state index in [1.807, 2.05) is 12.1 Å². The summed E-state index contributed by atoms with van der Waals surface area (Å²) in [7, 11) is 0. The maximum Gasteiger partial charge on any atom is 0.271 e. The Balaban J connectivity index is 1.59. The molecule has 1 heterocycles. The summed E-state index contributed by atoms with van der Waals surface area (Å²) < 4.78 is 5.66. The van der Waals surface area contributed by atoms with E-state index in [4.69, 9.17) is 16.0 Å². The van der Waals surface area contributed by atoms with E-state index >= 15 is 0 Å². The van der Waals surface area contributed by atoms with Crippen molar-refractivity contribution in [2.45, 2.75) is 19.3 Å². The fourth-order valence-corrected chi connectivity index (χ4v) is 2.39. The van der Waals surface area contributed by atoms with E-state index in [-0.39, 0.29) is 5.91 Å². The topological polar surface area (TPSA) is 54.6 Å². The molecule has 5 heteroatoms. The lowest BCUT2D eigenvalue weighted by Crippen LogP contribution is -2.17. The van der Waals surface area contributed by atoms with Crippen LogP contribution in [0.1, 0.15) is 41.1 Å². The van der Waals surface area contributed by atoms with Crippen molar-refractivity contribution >= 4 is 23.7 Å². The number of nitrogens with zero attached hydrogens (tertiary/aromatic N) is 1. The van der Waals surface area contributed by atoms with E-state index in [9.17, 15) is 4.79 Å². The molecule has 1 N–H and O–H groups in total. The maximum absolute atomic E-state index is 11.8. The first-order valence-electron chi connectivity index (χ1n) is 6.82. The number of hydrogen-bond donors (Lipinski definition) is 1. The van der Waals surface area contributed by atoms with Crippen molar-refractivity contribution in [2.75, 3.05) is 0 Å². The minimum atomic E-state index is -0.309. The lowest BCUT2D eigenvalue weighted by atomic mass is 10.2. The van der Waals surface area contributed by atoms with Crippen LogP contribution in [-0.4, -0.2) is 12.1 Å². The second-order valence-corrected chi connectivity index (χ2v) is 5.71. The molecule has 1 fully saturated rings. The smallest absolute Gasteiger partial charge is 0.271 e. The van der Waals surface area contributed by atoms with Gasteiger partial charge >= 0.3 is 0 Å². The maximum atomic E-state index is 11.8. The molecule has 0 radical (unpaired) electrons. The molecule has 1 aliphatic rings. The van der Waals surface area contributed by atoms with Crippen LogP contribution in [0.3, 0.4) is 0 Å². The molecule has 2 aromatic rings. The fraction of sp³-hybridized carbons (Fsp3) is 0.250. The van der Waals surface area contributed by atoms with E-state index in [1.165, 1.54) is 12.6 Å². The lowest BCUT2D eigenvalue weighted by molar-refractivity contribution is 0.0955. The first kappa shape index (κ1) is 13.9. The number of hydrogen-bond acceptors (Lipinski definition) is 3. The monoisotopic (exact) mass is 302 g/mol. The summed E-state index contributed by atoms with van der Waals surface area (Å²) in [6, 6.07) is 10.5. The van der Waals surface area contributed by atoms with E-state index in [2.05, 4.69) is 17.5 Å². The fourth-order valence-electron chi connectivity index (χ4n) is 2.20. The second-order valence-electron chi connectivity index (χ2n) is 5.27. The van der Waals surface area contributed by atoms with Crippen LogP contribution in [0.2, 0.25) is 5.02 Å². The normalized spacial score (nSPS) is 20.7. The number of nitrogens with one attached hydrogen (secondary N) is 1. The van der Waals surface area contributed by atoms with Crippen LogP contribution in [0.5, 0.6) is 0 Å². The molecule has 108 valence electrons. The van der Waals surface area contributed by atoms with Crippen molar-refractivity contribution in [1.29, 1.82) is 0 Å². The number of furan rings is 1. The van der Waals surface area contributed by atoms with E-state index in [0.717, 1.165) is 5.76 Å². The van der Waals surface area contributed by atoms with E-state index in [1.54, 1.807) is 24.3 Å². The summed E-state index contributed by atoms with van der Waals surface area (Å²) in [5.74, 6) is 2.55. The molecule has 0 aliphatic heterocycles. The lowest BCUT2D eigenvalue weighted by Gasteiger charge is -1.99. The SMILES string of the molecule is C[C@H]1C[C@@H]1c1ccc(/C=N\NC(=O)c2cccc(Cl)c2)o1. The third-order valence-electron chi connectivity index (χ3n) is 3.57. The Bertz CT molecular complexity index is 693. The van der Waals surface area contributed by atoms with Gasteiger partial charge in [0.1, 0.15) is 11.5 Å². The molecule has 3 rings (SSSR count). The molecule has 1 aliphatic carbocycles. The van der Waals surface area contributed by atoms with Gasteiger partial charge in [0.25, 0.3) is 5.91 Å². The minimum Gasteiger partial charge on any atom is -0.460 e. The van der Waals surface area contributed by atoms with Gasteiger partial charge in [-0.2, -0.15) is 5.10 Å². The highest BCUT2D eigenvalue weighted by molar-refractivity contribution is 6.30. The summed E-state index contributed by atoms with van der Waals surface area (Å²) in [4.78, 5) is 11.8. The zero-order valence-electron chi connectivity index (χ0n) is 11.5. The summed E-state index contributed by atoms with van der Waals surface area (Å²) in [6.45, 7) is 2.20. The van der Waals surface area contributed by atoms with Crippen LogP contribution < -0.4 is 5.43 Å².